The first-order valence-corrected chi connectivity index (χ1v) is 7.06. The van der Waals surface area contributed by atoms with Crippen LogP contribution in [0.2, 0.25) is 0 Å². The van der Waals surface area contributed by atoms with Crippen molar-refractivity contribution in [2.45, 2.75) is 65.1 Å². The van der Waals surface area contributed by atoms with Crippen molar-refractivity contribution in [3.63, 3.8) is 0 Å². The molecular weight excluding hydrogens is 228 g/mol. The van der Waals surface area contributed by atoms with Crippen molar-refractivity contribution in [2.24, 2.45) is 11.8 Å². The van der Waals surface area contributed by atoms with E-state index in [1.165, 1.54) is 0 Å². The molecule has 2 aliphatic rings. The van der Waals surface area contributed by atoms with Gasteiger partial charge in [0.05, 0.1) is 0 Å². The first kappa shape index (κ1) is 13.4. The normalized spacial score (nSPS) is 37.3. The standard InChI is InChI=1S/C14H24N2O2/c1-8(2)12-14(18)16(10(4)13(17)15-12)11-7-5-6-9(11)3/h8-12H,5-7H2,1-4H3,(H,15,17). The lowest BCUT2D eigenvalue weighted by Gasteiger charge is -2.43. The van der Waals surface area contributed by atoms with Gasteiger partial charge in [0.1, 0.15) is 12.1 Å². The smallest absolute Gasteiger partial charge is 0.246 e. The van der Waals surface area contributed by atoms with Gasteiger partial charge in [-0.3, -0.25) is 9.59 Å². The van der Waals surface area contributed by atoms with E-state index < -0.39 is 0 Å². The Morgan fingerprint density at radius 3 is 2.39 bits per heavy atom. The van der Waals surface area contributed by atoms with E-state index in [9.17, 15) is 9.59 Å². The van der Waals surface area contributed by atoms with Crippen LogP contribution < -0.4 is 5.32 Å². The number of rotatable bonds is 2. The summed E-state index contributed by atoms with van der Waals surface area (Å²) in [5.41, 5.74) is 0. The van der Waals surface area contributed by atoms with Crippen molar-refractivity contribution in [3.05, 3.63) is 0 Å². The maximum atomic E-state index is 12.6. The van der Waals surface area contributed by atoms with Gasteiger partial charge in [0.25, 0.3) is 0 Å². The summed E-state index contributed by atoms with van der Waals surface area (Å²) in [5.74, 6) is 0.756. The van der Waals surface area contributed by atoms with Crippen LogP contribution >= 0.6 is 0 Å². The first-order valence-electron chi connectivity index (χ1n) is 7.06. The molecule has 18 heavy (non-hydrogen) atoms. The Morgan fingerprint density at radius 1 is 1.22 bits per heavy atom. The number of nitrogens with zero attached hydrogens (tertiary/aromatic N) is 1. The van der Waals surface area contributed by atoms with Gasteiger partial charge in [-0.15, -0.1) is 0 Å². The van der Waals surface area contributed by atoms with E-state index in [1.54, 1.807) is 0 Å². The molecule has 0 aromatic carbocycles. The summed E-state index contributed by atoms with van der Waals surface area (Å²) in [6.45, 7) is 7.99. The van der Waals surface area contributed by atoms with Gasteiger partial charge in [0, 0.05) is 6.04 Å². The van der Waals surface area contributed by atoms with E-state index in [0.717, 1.165) is 19.3 Å². The van der Waals surface area contributed by atoms with Crippen LogP contribution in [0.15, 0.2) is 0 Å². The minimum atomic E-state index is -0.346. The number of hydrogen-bond acceptors (Lipinski definition) is 2. The van der Waals surface area contributed by atoms with Gasteiger partial charge < -0.3 is 10.2 Å². The zero-order valence-electron chi connectivity index (χ0n) is 11.8. The van der Waals surface area contributed by atoms with Gasteiger partial charge in [-0.05, 0) is 31.6 Å². The number of piperazine rings is 1. The monoisotopic (exact) mass is 252 g/mol. The fraction of sp³-hybridized carbons (Fsp3) is 0.857. The molecule has 2 amide bonds. The van der Waals surface area contributed by atoms with E-state index in [4.69, 9.17) is 0 Å². The average molecular weight is 252 g/mol. The maximum absolute atomic E-state index is 12.6. The van der Waals surface area contributed by atoms with Crippen molar-refractivity contribution >= 4 is 11.8 Å². The summed E-state index contributed by atoms with van der Waals surface area (Å²) in [6, 6.07) is -0.417. The summed E-state index contributed by atoms with van der Waals surface area (Å²) < 4.78 is 0. The Kier molecular flexibility index (Phi) is 3.64. The molecule has 0 aromatic rings. The maximum Gasteiger partial charge on any atom is 0.246 e. The summed E-state index contributed by atoms with van der Waals surface area (Å²) in [4.78, 5) is 26.5. The molecule has 4 atom stereocenters. The molecule has 0 spiro atoms. The van der Waals surface area contributed by atoms with E-state index in [2.05, 4.69) is 12.2 Å². The molecule has 102 valence electrons. The van der Waals surface area contributed by atoms with Gasteiger partial charge in [-0.2, -0.15) is 0 Å². The molecule has 4 nitrogen and oxygen atoms in total. The largest absolute Gasteiger partial charge is 0.342 e. The van der Waals surface area contributed by atoms with E-state index in [0.29, 0.717) is 5.92 Å². The van der Waals surface area contributed by atoms with Crippen LogP contribution in [0.1, 0.15) is 47.0 Å². The molecule has 1 aliphatic heterocycles. The fourth-order valence-corrected chi connectivity index (χ4v) is 3.25. The summed E-state index contributed by atoms with van der Waals surface area (Å²) >= 11 is 0. The Bertz CT molecular complexity index is 354. The molecule has 1 saturated heterocycles. The van der Waals surface area contributed by atoms with Crippen molar-refractivity contribution in [1.82, 2.24) is 10.2 Å². The van der Waals surface area contributed by atoms with Gasteiger partial charge in [-0.25, -0.2) is 0 Å². The topological polar surface area (TPSA) is 49.4 Å². The van der Waals surface area contributed by atoms with Gasteiger partial charge in [-0.1, -0.05) is 27.2 Å². The lowest BCUT2D eigenvalue weighted by molar-refractivity contribution is -0.153. The predicted octanol–water partition coefficient (Wildman–Crippen LogP) is 1.55. The Balaban J connectivity index is 2.24. The van der Waals surface area contributed by atoms with Crippen LogP contribution in [-0.2, 0) is 9.59 Å². The molecule has 2 rings (SSSR count). The molecule has 2 fully saturated rings. The molecule has 1 aliphatic carbocycles. The first-order chi connectivity index (χ1) is 8.43. The highest BCUT2D eigenvalue weighted by atomic mass is 16.2. The fourth-order valence-electron chi connectivity index (χ4n) is 3.25. The van der Waals surface area contributed by atoms with Crippen molar-refractivity contribution in [3.8, 4) is 0 Å². The van der Waals surface area contributed by atoms with Gasteiger partial charge in [0.2, 0.25) is 11.8 Å². The van der Waals surface area contributed by atoms with Crippen LogP contribution in [0.4, 0.5) is 0 Å². The molecule has 1 N–H and O–H groups in total. The van der Waals surface area contributed by atoms with E-state index in [1.807, 2.05) is 25.7 Å². The lowest BCUT2D eigenvalue weighted by Crippen LogP contribution is -2.66. The lowest BCUT2D eigenvalue weighted by atomic mass is 9.94. The SMILES string of the molecule is CC(C)C1NC(=O)C(C)N(C2CCCC2C)C1=O. The molecule has 0 bridgehead atoms. The summed E-state index contributed by atoms with van der Waals surface area (Å²) in [7, 11) is 0. The number of carbonyl (C=O) groups is 2. The predicted molar refractivity (Wildman–Crippen MR) is 69.9 cm³/mol. The van der Waals surface area contributed by atoms with E-state index in [-0.39, 0.29) is 35.9 Å². The molecule has 4 heteroatoms. The summed E-state index contributed by atoms with van der Waals surface area (Å²) in [5, 5.41) is 2.85. The summed E-state index contributed by atoms with van der Waals surface area (Å²) in [6.07, 6.45) is 3.36. The van der Waals surface area contributed by atoms with Crippen molar-refractivity contribution < 1.29 is 9.59 Å². The molecule has 0 radical (unpaired) electrons. The molecular formula is C14H24N2O2. The number of nitrogens with one attached hydrogen (secondary N) is 1. The average Bonchev–Trinajstić information content (AvgIpc) is 2.70. The van der Waals surface area contributed by atoms with Crippen LogP contribution in [0.3, 0.4) is 0 Å². The zero-order valence-corrected chi connectivity index (χ0v) is 11.8. The molecule has 4 unspecified atom stereocenters. The minimum Gasteiger partial charge on any atom is -0.342 e. The minimum absolute atomic E-state index is 0.00704. The van der Waals surface area contributed by atoms with Crippen LogP contribution in [-0.4, -0.2) is 34.8 Å². The third-order valence-electron chi connectivity index (χ3n) is 4.46. The highest BCUT2D eigenvalue weighted by molar-refractivity contribution is 5.97. The second kappa shape index (κ2) is 4.90. The number of carbonyl (C=O) groups excluding carboxylic acids is 2. The van der Waals surface area contributed by atoms with Crippen LogP contribution in [0, 0.1) is 11.8 Å². The molecule has 1 heterocycles. The van der Waals surface area contributed by atoms with Crippen LogP contribution in [0.25, 0.3) is 0 Å². The second-order valence-corrected chi connectivity index (χ2v) is 6.13. The molecule has 1 saturated carbocycles. The third kappa shape index (κ3) is 2.13. The van der Waals surface area contributed by atoms with Crippen molar-refractivity contribution in [2.75, 3.05) is 0 Å². The van der Waals surface area contributed by atoms with Gasteiger partial charge in [0.15, 0.2) is 0 Å². The van der Waals surface area contributed by atoms with Gasteiger partial charge >= 0.3 is 0 Å². The van der Waals surface area contributed by atoms with Crippen molar-refractivity contribution in [1.29, 1.82) is 0 Å². The van der Waals surface area contributed by atoms with E-state index >= 15 is 0 Å². The van der Waals surface area contributed by atoms with Crippen LogP contribution in [0.5, 0.6) is 0 Å². The Hall–Kier alpha value is -1.06. The zero-order chi connectivity index (χ0) is 13.4. The second-order valence-electron chi connectivity index (χ2n) is 6.13. The Labute approximate surface area is 109 Å². The number of hydrogen-bond donors (Lipinski definition) is 1. The quantitative estimate of drug-likeness (QED) is 0.810. The Morgan fingerprint density at radius 2 is 1.89 bits per heavy atom. The number of amides is 2. The highest BCUT2D eigenvalue weighted by Gasteiger charge is 2.44. The highest BCUT2D eigenvalue weighted by Crippen LogP contribution is 2.32. The molecule has 0 aromatic heterocycles. The third-order valence-corrected chi connectivity index (χ3v) is 4.46.